The Labute approximate surface area is 171 Å². The Morgan fingerprint density at radius 1 is 0.964 bits per heavy atom. The molecule has 1 rings (SSSR count). The number of phenols is 1. The average Bonchev–Trinajstić information content (AvgIpc) is 2.69. The van der Waals surface area contributed by atoms with E-state index >= 15 is 0 Å². The molecule has 0 aliphatic heterocycles. The molecular weight excluding hydrogens is 352 g/mol. The van der Waals surface area contributed by atoms with Gasteiger partial charge in [-0.2, -0.15) is 0 Å². The number of nitrogens with two attached hydrogens (primary N) is 1. The van der Waals surface area contributed by atoms with Gasteiger partial charge < -0.3 is 20.9 Å². The Morgan fingerprint density at radius 2 is 1.54 bits per heavy atom. The summed E-state index contributed by atoms with van der Waals surface area (Å²) in [5, 5.41) is 12.6. The summed E-state index contributed by atoms with van der Waals surface area (Å²) in [7, 11) is 0. The number of hydrogen-bond acceptors (Lipinski definition) is 4. The van der Waals surface area contributed by atoms with Gasteiger partial charge in [0.1, 0.15) is 11.5 Å². The van der Waals surface area contributed by atoms with Crippen molar-refractivity contribution < 1.29 is 14.6 Å². The van der Waals surface area contributed by atoms with Crippen LogP contribution in [0.25, 0.3) is 0 Å². The van der Waals surface area contributed by atoms with Crippen molar-refractivity contribution >= 4 is 5.91 Å². The molecule has 1 amide bonds. The van der Waals surface area contributed by atoms with Crippen molar-refractivity contribution in [2.45, 2.75) is 84.0 Å². The summed E-state index contributed by atoms with van der Waals surface area (Å²) in [5.74, 6) is 0.202. The van der Waals surface area contributed by atoms with Gasteiger partial charge in [0.2, 0.25) is 0 Å². The molecule has 1 aromatic rings. The van der Waals surface area contributed by atoms with Crippen molar-refractivity contribution in [2.24, 2.45) is 5.73 Å². The van der Waals surface area contributed by atoms with Gasteiger partial charge in [0, 0.05) is 19.2 Å². The van der Waals surface area contributed by atoms with Crippen LogP contribution in [0.3, 0.4) is 0 Å². The summed E-state index contributed by atoms with van der Waals surface area (Å²) in [4.78, 5) is 11.9. The summed E-state index contributed by atoms with van der Waals surface area (Å²) in [6, 6.07) is 4.80. The third-order valence-corrected chi connectivity index (χ3v) is 4.91. The second-order valence-electron chi connectivity index (χ2n) is 7.46. The Kier molecular flexibility index (Phi) is 14.1. The zero-order chi connectivity index (χ0) is 20.5. The quantitative estimate of drug-likeness (QED) is 0.320. The van der Waals surface area contributed by atoms with Crippen LogP contribution in [0.15, 0.2) is 18.2 Å². The molecule has 0 radical (unpaired) electrons. The predicted octanol–water partition coefficient (Wildman–Crippen LogP) is 5.16. The third-order valence-electron chi connectivity index (χ3n) is 4.91. The maximum Gasteiger partial charge on any atom is 0.255 e. The maximum atomic E-state index is 11.9. The van der Waals surface area contributed by atoms with Gasteiger partial charge in [-0.15, -0.1) is 0 Å². The number of nitrogens with one attached hydrogen (secondary N) is 1. The second kappa shape index (κ2) is 16.2. The Bertz CT molecular complexity index is 535. The lowest BCUT2D eigenvalue weighted by atomic mass is 10.1. The van der Waals surface area contributed by atoms with E-state index in [-0.39, 0.29) is 17.2 Å². The van der Waals surface area contributed by atoms with Crippen molar-refractivity contribution in [3.05, 3.63) is 23.8 Å². The lowest BCUT2D eigenvalue weighted by molar-refractivity contribution is 0.0952. The molecule has 160 valence electrons. The maximum absolute atomic E-state index is 11.9. The van der Waals surface area contributed by atoms with Crippen LogP contribution in [0.5, 0.6) is 11.5 Å². The molecule has 0 unspecified atom stereocenters. The first-order valence-electron chi connectivity index (χ1n) is 11.1. The van der Waals surface area contributed by atoms with Crippen LogP contribution >= 0.6 is 0 Å². The number of carbonyl (C=O) groups is 1. The molecule has 0 aliphatic carbocycles. The number of hydrogen-bond donors (Lipinski definition) is 3. The van der Waals surface area contributed by atoms with E-state index in [1.54, 1.807) is 12.1 Å². The van der Waals surface area contributed by atoms with Crippen LogP contribution in [0.2, 0.25) is 0 Å². The lowest BCUT2D eigenvalue weighted by Crippen LogP contribution is -2.29. The SMILES string of the molecule is CCCCCCCCCCCCCCOc1ccc(C(=O)NCCN)c(O)c1. The normalized spacial score (nSPS) is 10.8. The van der Waals surface area contributed by atoms with E-state index in [0.29, 0.717) is 25.4 Å². The van der Waals surface area contributed by atoms with Gasteiger partial charge in [-0.05, 0) is 18.6 Å². The first-order valence-corrected chi connectivity index (χ1v) is 11.1. The average molecular weight is 393 g/mol. The summed E-state index contributed by atoms with van der Waals surface area (Å²) >= 11 is 0. The van der Waals surface area contributed by atoms with Gasteiger partial charge in [-0.3, -0.25) is 4.79 Å². The van der Waals surface area contributed by atoms with E-state index in [1.165, 1.54) is 76.7 Å². The van der Waals surface area contributed by atoms with Gasteiger partial charge in [0.05, 0.1) is 12.2 Å². The fourth-order valence-electron chi connectivity index (χ4n) is 3.21. The number of unbranched alkanes of at least 4 members (excludes halogenated alkanes) is 11. The number of phenolic OH excluding ortho intramolecular Hbond substituents is 1. The van der Waals surface area contributed by atoms with Gasteiger partial charge in [-0.1, -0.05) is 77.6 Å². The highest BCUT2D eigenvalue weighted by atomic mass is 16.5. The van der Waals surface area contributed by atoms with Crippen LogP contribution in [0.4, 0.5) is 0 Å². The lowest BCUT2D eigenvalue weighted by Gasteiger charge is -2.09. The van der Waals surface area contributed by atoms with Crippen LogP contribution < -0.4 is 15.8 Å². The molecule has 0 aromatic heterocycles. The second-order valence-corrected chi connectivity index (χ2v) is 7.46. The molecular formula is C23H40N2O3. The minimum atomic E-state index is -0.324. The zero-order valence-corrected chi connectivity index (χ0v) is 17.7. The van der Waals surface area contributed by atoms with Crippen molar-refractivity contribution in [1.82, 2.24) is 5.32 Å². The highest BCUT2D eigenvalue weighted by molar-refractivity contribution is 5.96. The summed E-state index contributed by atoms with van der Waals surface area (Å²) in [5.41, 5.74) is 5.60. The first kappa shape index (κ1) is 24.3. The summed E-state index contributed by atoms with van der Waals surface area (Å²) in [6.07, 6.45) is 15.7. The number of ether oxygens (including phenoxy) is 1. The highest BCUT2D eigenvalue weighted by Gasteiger charge is 2.11. The Hall–Kier alpha value is -1.75. The van der Waals surface area contributed by atoms with Gasteiger partial charge in [0.15, 0.2) is 0 Å². The third kappa shape index (κ3) is 11.2. The Balaban J connectivity index is 2.04. The molecule has 0 bridgehead atoms. The van der Waals surface area contributed by atoms with E-state index in [9.17, 15) is 9.90 Å². The molecule has 0 saturated heterocycles. The van der Waals surface area contributed by atoms with Crippen LogP contribution in [0.1, 0.15) is 94.3 Å². The van der Waals surface area contributed by atoms with Crippen LogP contribution in [-0.2, 0) is 0 Å². The van der Waals surface area contributed by atoms with Crippen molar-refractivity contribution in [3.8, 4) is 11.5 Å². The van der Waals surface area contributed by atoms with Crippen molar-refractivity contribution in [3.63, 3.8) is 0 Å². The van der Waals surface area contributed by atoms with E-state index < -0.39 is 0 Å². The molecule has 0 heterocycles. The van der Waals surface area contributed by atoms with E-state index in [2.05, 4.69) is 12.2 Å². The van der Waals surface area contributed by atoms with Gasteiger partial charge >= 0.3 is 0 Å². The summed E-state index contributed by atoms with van der Waals surface area (Å²) in [6.45, 7) is 3.65. The number of aromatic hydroxyl groups is 1. The smallest absolute Gasteiger partial charge is 0.255 e. The van der Waals surface area contributed by atoms with Crippen molar-refractivity contribution in [1.29, 1.82) is 0 Å². The molecule has 4 N–H and O–H groups in total. The molecule has 0 aliphatic rings. The minimum absolute atomic E-state index is 0.0679. The minimum Gasteiger partial charge on any atom is -0.507 e. The number of benzene rings is 1. The molecule has 0 saturated carbocycles. The largest absolute Gasteiger partial charge is 0.507 e. The van der Waals surface area contributed by atoms with E-state index in [0.717, 1.165) is 6.42 Å². The van der Waals surface area contributed by atoms with Crippen LogP contribution in [0, 0.1) is 0 Å². The molecule has 5 heteroatoms. The monoisotopic (exact) mass is 392 g/mol. The topological polar surface area (TPSA) is 84.6 Å². The van der Waals surface area contributed by atoms with E-state index in [4.69, 9.17) is 10.5 Å². The highest BCUT2D eigenvalue weighted by Crippen LogP contribution is 2.24. The van der Waals surface area contributed by atoms with E-state index in [1.807, 2.05) is 0 Å². The number of carbonyl (C=O) groups excluding carboxylic acids is 1. The van der Waals surface area contributed by atoms with Gasteiger partial charge in [0.25, 0.3) is 5.91 Å². The number of rotatable bonds is 17. The molecule has 5 nitrogen and oxygen atoms in total. The molecule has 0 fully saturated rings. The van der Waals surface area contributed by atoms with Crippen molar-refractivity contribution in [2.75, 3.05) is 19.7 Å². The van der Waals surface area contributed by atoms with Gasteiger partial charge in [-0.25, -0.2) is 0 Å². The molecule has 0 atom stereocenters. The first-order chi connectivity index (χ1) is 13.7. The Morgan fingerprint density at radius 3 is 2.07 bits per heavy atom. The molecule has 0 spiro atoms. The fraction of sp³-hybridized carbons (Fsp3) is 0.696. The van der Waals surface area contributed by atoms with Crippen LogP contribution in [-0.4, -0.2) is 30.7 Å². The molecule has 28 heavy (non-hydrogen) atoms. The molecule has 1 aromatic carbocycles. The predicted molar refractivity (Wildman–Crippen MR) is 116 cm³/mol. The fourth-order valence-corrected chi connectivity index (χ4v) is 3.21. The summed E-state index contributed by atoms with van der Waals surface area (Å²) < 4.78 is 5.68. The standard InChI is InChI=1S/C23H40N2O3/c1-2-3-4-5-6-7-8-9-10-11-12-13-18-28-20-14-15-21(22(26)19-20)23(27)25-17-16-24/h14-15,19,26H,2-13,16-18,24H2,1H3,(H,25,27). The number of amides is 1. The zero-order valence-electron chi connectivity index (χ0n) is 17.7.